The lowest BCUT2D eigenvalue weighted by molar-refractivity contribution is -0.394. The third-order valence-corrected chi connectivity index (χ3v) is 4.22. The largest absolute Gasteiger partial charge is 0.493 e. The molecule has 0 heterocycles. The van der Waals surface area contributed by atoms with E-state index in [-0.39, 0.29) is 17.1 Å². The Kier molecular flexibility index (Phi) is 6.36. The third kappa shape index (κ3) is 5.30. The van der Waals surface area contributed by atoms with E-state index in [9.17, 15) is 25.0 Å². The summed E-state index contributed by atoms with van der Waals surface area (Å²) in [6.07, 6.45) is 3.76. The minimum atomic E-state index is -0.988. The minimum absolute atomic E-state index is 0.0681. The Balaban J connectivity index is 1.85. The predicted octanol–water partition coefficient (Wildman–Crippen LogP) is 4.90. The number of ether oxygens (including phenoxy) is 2. The van der Waals surface area contributed by atoms with Crippen molar-refractivity contribution in [1.82, 2.24) is 0 Å². The zero-order valence-corrected chi connectivity index (χ0v) is 16.3. The second-order valence-corrected chi connectivity index (χ2v) is 6.30. The van der Waals surface area contributed by atoms with Gasteiger partial charge in [-0.2, -0.15) is 0 Å². The van der Waals surface area contributed by atoms with Crippen LogP contribution in [0.15, 0.2) is 66.7 Å². The maximum atomic E-state index is 12.5. The van der Waals surface area contributed by atoms with Gasteiger partial charge in [-0.3, -0.25) is 20.2 Å². The molecule has 31 heavy (non-hydrogen) atoms. The van der Waals surface area contributed by atoms with Gasteiger partial charge in [-0.1, -0.05) is 48.6 Å². The highest BCUT2D eigenvalue weighted by molar-refractivity contribution is 5.93. The molecule has 0 saturated heterocycles. The number of non-ortho nitro benzene ring substituents is 2. The zero-order valence-electron chi connectivity index (χ0n) is 16.3. The molecule has 0 unspecified atom stereocenters. The smallest absolute Gasteiger partial charge is 0.344 e. The van der Waals surface area contributed by atoms with E-state index in [0.717, 1.165) is 29.3 Å². The maximum Gasteiger partial charge on any atom is 0.344 e. The van der Waals surface area contributed by atoms with Gasteiger partial charge in [-0.15, -0.1) is 0 Å². The van der Waals surface area contributed by atoms with E-state index in [1.807, 2.05) is 42.5 Å². The summed E-state index contributed by atoms with van der Waals surface area (Å²) in [5.41, 5.74) is 0.288. The first kappa shape index (κ1) is 21.2. The monoisotopic (exact) mass is 420 g/mol. The van der Waals surface area contributed by atoms with Crippen molar-refractivity contribution >= 4 is 29.5 Å². The first-order chi connectivity index (χ1) is 14.9. The van der Waals surface area contributed by atoms with Crippen molar-refractivity contribution in [3.8, 4) is 11.5 Å². The van der Waals surface area contributed by atoms with Gasteiger partial charge in [0, 0.05) is 12.1 Å². The van der Waals surface area contributed by atoms with Gasteiger partial charge in [-0.05, 0) is 23.3 Å². The number of nitro benzene ring substituents is 2. The average molecular weight is 420 g/mol. The van der Waals surface area contributed by atoms with Crippen LogP contribution in [0.3, 0.4) is 0 Å². The molecule has 3 rings (SSSR count). The van der Waals surface area contributed by atoms with E-state index in [2.05, 4.69) is 0 Å². The molecule has 0 saturated carbocycles. The normalized spacial score (nSPS) is 10.6. The number of nitro groups is 2. The molecule has 0 bridgehead atoms. The SMILES string of the molecule is COc1cc(/C=C/c2ccccc2)ccc1OC(=O)c1cc([N+](=O)[O-])cc([N+](=O)[O-])c1. The van der Waals surface area contributed by atoms with Crippen molar-refractivity contribution in [3.05, 3.63) is 104 Å². The van der Waals surface area contributed by atoms with Gasteiger partial charge in [0.05, 0.1) is 28.6 Å². The second-order valence-electron chi connectivity index (χ2n) is 6.30. The molecule has 0 fully saturated rings. The fourth-order valence-corrected chi connectivity index (χ4v) is 2.71. The van der Waals surface area contributed by atoms with Gasteiger partial charge in [0.25, 0.3) is 11.4 Å². The first-order valence-electron chi connectivity index (χ1n) is 8.94. The summed E-state index contributed by atoms with van der Waals surface area (Å²) in [4.78, 5) is 32.9. The van der Waals surface area contributed by atoms with Crippen LogP contribution < -0.4 is 9.47 Å². The highest BCUT2D eigenvalue weighted by atomic mass is 16.6. The van der Waals surface area contributed by atoms with Crippen molar-refractivity contribution in [2.75, 3.05) is 7.11 Å². The molecule has 0 aliphatic carbocycles. The molecular formula is C22H16N2O7. The summed E-state index contributed by atoms with van der Waals surface area (Å²) in [6, 6.07) is 17.1. The van der Waals surface area contributed by atoms with E-state index in [0.29, 0.717) is 0 Å². The first-order valence-corrected chi connectivity index (χ1v) is 8.94. The van der Waals surface area contributed by atoms with Gasteiger partial charge < -0.3 is 9.47 Å². The Labute approximate surface area is 176 Å². The van der Waals surface area contributed by atoms with Gasteiger partial charge in [0.15, 0.2) is 11.5 Å². The summed E-state index contributed by atoms with van der Waals surface area (Å²) < 4.78 is 10.5. The molecule has 0 radical (unpaired) electrons. The van der Waals surface area contributed by atoms with Crippen LogP contribution in [-0.4, -0.2) is 22.9 Å². The van der Waals surface area contributed by atoms with E-state index in [1.165, 1.54) is 13.2 Å². The van der Waals surface area contributed by atoms with E-state index in [1.54, 1.807) is 12.1 Å². The fraction of sp³-hybridized carbons (Fsp3) is 0.0455. The van der Waals surface area contributed by atoms with Crippen LogP contribution in [-0.2, 0) is 0 Å². The van der Waals surface area contributed by atoms with Gasteiger partial charge in [-0.25, -0.2) is 4.79 Å². The lowest BCUT2D eigenvalue weighted by Gasteiger charge is -2.10. The van der Waals surface area contributed by atoms with Crippen LogP contribution in [0, 0.1) is 20.2 Å². The van der Waals surface area contributed by atoms with Crippen LogP contribution in [0.4, 0.5) is 11.4 Å². The molecule has 3 aromatic carbocycles. The molecular weight excluding hydrogens is 404 g/mol. The number of carbonyl (C=O) groups excluding carboxylic acids is 1. The molecule has 0 N–H and O–H groups in total. The Hall–Kier alpha value is -4.53. The molecule has 0 amide bonds. The third-order valence-electron chi connectivity index (χ3n) is 4.22. The van der Waals surface area contributed by atoms with Crippen molar-refractivity contribution in [2.45, 2.75) is 0 Å². The minimum Gasteiger partial charge on any atom is -0.493 e. The number of methoxy groups -OCH3 is 1. The predicted molar refractivity (Wildman–Crippen MR) is 113 cm³/mol. The number of nitrogens with zero attached hydrogens (tertiary/aromatic N) is 2. The standard InChI is InChI=1S/C22H16N2O7/c1-30-21-11-16(8-7-15-5-3-2-4-6-15)9-10-20(21)31-22(25)17-12-18(23(26)27)14-19(13-17)24(28)29/h2-14H,1H3/b8-7+. The van der Waals surface area contributed by atoms with E-state index < -0.39 is 27.2 Å². The molecule has 0 aliphatic heterocycles. The van der Waals surface area contributed by atoms with Crippen LogP contribution in [0.5, 0.6) is 11.5 Å². The summed E-state index contributed by atoms with van der Waals surface area (Å²) in [6.45, 7) is 0. The number of rotatable bonds is 7. The van der Waals surface area contributed by atoms with Gasteiger partial charge in [0.2, 0.25) is 0 Å². The Morgan fingerprint density at radius 2 is 1.42 bits per heavy atom. The summed E-state index contributed by atoms with van der Waals surface area (Å²) in [7, 11) is 1.40. The highest BCUT2D eigenvalue weighted by Crippen LogP contribution is 2.30. The molecule has 0 aliphatic rings. The number of hydrogen-bond donors (Lipinski definition) is 0. The molecule has 3 aromatic rings. The van der Waals surface area contributed by atoms with Crippen molar-refractivity contribution < 1.29 is 24.1 Å². The Bertz CT molecular complexity index is 1140. The van der Waals surface area contributed by atoms with Gasteiger partial charge >= 0.3 is 5.97 Å². The summed E-state index contributed by atoms with van der Waals surface area (Å²) in [5.74, 6) is -0.667. The molecule has 0 atom stereocenters. The van der Waals surface area contributed by atoms with Gasteiger partial charge in [0.1, 0.15) is 0 Å². The maximum absolute atomic E-state index is 12.5. The Morgan fingerprint density at radius 1 is 0.806 bits per heavy atom. The van der Waals surface area contributed by atoms with Crippen molar-refractivity contribution in [3.63, 3.8) is 0 Å². The molecule has 156 valence electrons. The zero-order chi connectivity index (χ0) is 22.4. The van der Waals surface area contributed by atoms with Crippen LogP contribution >= 0.6 is 0 Å². The molecule has 0 aromatic heterocycles. The van der Waals surface area contributed by atoms with Crippen molar-refractivity contribution in [1.29, 1.82) is 0 Å². The number of hydrogen-bond acceptors (Lipinski definition) is 7. The van der Waals surface area contributed by atoms with E-state index >= 15 is 0 Å². The highest BCUT2D eigenvalue weighted by Gasteiger charge is 2.22. The molecule has 0 spiro atoms. The van der Waals surface area contributed by atoms with Crippen molar-refractivity contribution in [2.24, 2.45) is 0 Å². The topological polar surface area (TPSA) is 122 Å². The van der Waals surface area contributed by atoms with Crippen LogP contribution in [0.25, 0.3) is 12.2 Å². The second kappa shape index (κ2) is 9.31. The average Bonchev–Trinajstić information content (AvgIpc) is 2.78. The van der Waals surface area contributed by atoms with Crippen LogP contribution in [0.1, 0.15) is 21.5 Å². The van der Waals surface area contributed by atoms with E-state index in [4.69, 9.17) is 9.47 Å². The quantitative estimate of drug-likeness (QED) is 0.175. The molecule has 9 heteroatoms. The Morgan fingerprint density at radius 3 is 2.00 bits per heavy atom. The number of esters is 1. The lowest BCUT2D eigenvalue weighted by Crippen LogP contribution is -2.10. The summed E-state index contributed by atoms with van der Waals surface area (Å²) >= 11 is 0. The fourth-order valence-electron chi connectivity index (χ4n) is 2.71. The summed E-state index contributed by atoms with van der Waals surface area (Å²) in [5, 5.41) is 22.0. The number of carbonyl (C=O) groups is 1. The lowest BCUT2D eigenvalue weighted by atomic mass is 10.1. The molecule has 9 nitrogen and oxygen atoms in total. The number of benzene rings is 3. The van der Waals surface area contributed by atoms with Crippen LogP contribution in [0.2, 0.25) is 0 Å².